The van der Waals surface area contributed by atoms with Gasteiger partial charge in [-0.1, -0.05) is 32.9 Å². The first-order valence-electron chi connectivity index (χ1n) is 7.15. The quantitative estimate of drug-likeness (QED) is 0.773. The van der Waals surface area contributed by atoms with Crippen molar-refractivity contribution in [3.63, 3.8) is 0 Å². The second-order valence-electron chi connectivity index (χ2n) is 5.86. The Balaban J connectivity index is 2.74. The zero-order valence-corrected chi connectivity index (χ0v) is 12.3. The molecule has 0 aromatic carbocycles. The van der Waals surface area contributed by atoms with Crippen LogP contribution in [0.4, 0.5) is 0 Å². The van der Waals surface area contributed by atoms with Crippen LogP contribution < -0.4 is 5.73 Å². The maximum Gasteiger partial charge on any atom is 0.0871 e. The first-order valence-corrected chi connectivity index (χ1v) is 7.15. The number of nitrogens with zero attached hydrogens (tertiary/aromatic N) is 3. The molecule has 1 heterocycles. The van der Waals surface area contributed by atoms with Crippen molar-refractivity contribution >= 4 is 0 Å². The second kappa shape index (κ2) is 7.52. The molecule has 0 fully saturated rings. The van der Waals surface area contributed by atoms with Gasteiger partial charge in [0.15, 0.2) is 0 Å². The molecule has 1 aromatic heterocycles. The summed E-state index contributed by atoms with van der Waals surface area (Å²) < 4.78 is 2.09. The summed E-state index contributed by atoms with van der Waals surface area (Å²) in [6.07, 6.45) is 4.25. The van der Waals surface area contributed by atoms with Gasteiger partial charge in [-0.2, -0.15) is 0 Å². The van der Waals surface area contributed by atoms with Crippen molar-refractivity contribution in [3.8, 4) is 0 Å². The lowest BCUT2D eigenvalue weighted by Gasteiger charge is -2.10. The Kier molecular flexibility index (Phi) is 6.33. The molecule has 0 spiro atoms. The van der Waals surface area contributed by atoms with E-state index < -0.39 is 0 Å². The molecule has 0 aliphatic carbocycles. The highest BCUT2D eigenvalue weighted by Gasteiger charge is 2.12. The number of aromatic nitrogens is 3. The number of rotatable bonds is 8. The molecule has 0 radical (unpaired) electrons. The molecule has 0 amide bonds. The van der Waals surface area contributed by atoms with Crippen LogP contribution in [0.5, 0.6) is 0 Å². The molecule has 4 heteroatoms. The highest BCUT2D eigenvalue weighted by atomic mass is 15.4. The fraction of sp³-hybridized carbons (Fsp3) is 0.857. The molecule has 0 saturated heterocycles. The average Bonchev–Trinajstić information content (AvgIpc) is 2.66. The van der Waals surface area contributed by atoms with Crippen molar-refractivity contribution in [2.75, 3.05) is 6.54 Å². The third-order valence-corrected chi connectivity index (χ3v) is 3.18. The monoisotopic (exact) mass is 252 g/mol. The van der Waals surface area contributed by atoms with E-state index in [1.165, 1.54) is 12.1 Å². The summed E-state index contributed by atoms with van der Waals surface area (Å²) in [5.74, 6) is 1.41. The van der Waals surface area contributed by atoms with Crippen LogP contribution in [0.15, 0.2) is 0 Å². The van der Waals surface area contributed by atoms with Gasteiger partial charge in [-0.15, -0.1) is 5.10 Å². The third-order valence-electron chi connectivity index (χ3n) is 3.18. The van der Waals surface area contributed by atoms with Crippen LogP contribution in [-0.4, -0.2) is 21.5 Å². The zero-order valence-electron chi connectivity index (χ0n) is 12.3. The fourth-order valence-corrected chi connectivity index (χ4v) is 1.96. The van der Waals surface area contributed by atoms with Crippen LogP contribution in [0.1, 0.15) is 51.9 Å². The highest BCUT2D eigenvalue weighted by molar-refractivity contribution is 5.11. The van der Waals surface area contributed by atoms with E-state index in [1.807, 2.05) is 0 Å². The van der Waals surface area contributed by atoms with Gasteiger partial charge in [-0.25, -0.2) is 4.68 Å². The van der Waals surface area contributed by atoms with E-state index in [9.17, 15) is 0 Å². The molecule has 2 N–H and O–H groups in total. The SMILES string of the molecule is CC(C)CCc1c(CCN)nnn1CCC(C)C. The predicted molar refractivity (Wildman–Crippen MR) is 75.4 cm³/mol. The molecule has 1 rings (SSSR count). The molecule has 0 bridgehead atoms. The Bertz CT molecular complexity index is 342. The first-order chi connectivity index (χ1) is 8.54. The lowest BCUT2D eigenvalue weighted by molar-refractivity contribution is 0.459. The summed E-state index contributed by atoms with van der Waals surface area (Å²) in [7, 11) is 0. The Morgan fingerprint density at radius 2 is 1.72 bits per heavy atom. The van der Waals surface area contributed by atoms with Crippen molar-refractivity contribution in [1.29, 1.82) is 0 Å². The van der Waals surface area contributed by atoms with E-state index in [0.29, 0.717) is 18.4 Å². The van der Waals surface area contributed by atoms with Gasteiger partial charge in [-0.05, 0) is 37.6 Å². The van der Waals surface area contributed by atoms with Gasteiger partial charge in [0.1, 0.15) is 0 Å². The van der Waals surface area contributed by atoms with Gasteiger partial charge in [0.2, 0.25) is 0 Å². The number of aryl methyl sites for hydroxylation is 1. The van der Waals surface area contributed by atoms with E-state index in [0.717, 1.165) is 31.5 Å². The minimum Gasteiger partial charge on any atom is -0.330 e. The summed E-state index contributed by atoms with van der Waals surface area (Å²) in [5, 5.41) is 8.59. The van der Waals surface area contributed by atoms with Crippen molar-refractivity contribution in [2.45, 2.75) is 59.9 Å². The minimum atomic E-state index is 0.650. The Morgan fingerprint density at radius 1 is 1.06 bits per heavy atom. The number of hydrogen-bond donors (Lipinski definition) is 1. The molecule has 0 aliphatic heterocycles. The van der Waals surface area contributed by atoms with Gasteiger partial charge in [0.05, 0.1) is 11.4 Å². The molecule has 0 aliphatic rings. The van der Waals surface area contributed by atoms with Crippen LogP contribution in [0.25, 0.3) is 0 Å². The third kappa shape index (κ3) is 4.77. The summed E-state index contributed by atoms with van der Waals surface area (Å²) in [4.78, 5) is 0. The minimum absolute atomic E-state index is 0.650. The maximum atomic E-state index is 5.64. The van der Waals surface area contributed by atoms with Crippen LogP contribution in [-0.2, 0) is 19.4 Å². The number of hydrogen-bond acceptors (Lipinski definition) is 3. The van der Waals surface area contributed by atoms with Crippen molar-refractivity contribution in [3.05, 3.63) is 11.4 Å². The van der Waals surface area contributed by atoms with Crippen LogP contribution in [0.2, 0.25) is 0 Å². The second-order valence-corrected chi connectivity index (χ2v) is 5.86. The molecule has 104 valence electrons. The topological polar surface area (TPSA) is 56.7 Å². The standard InChI is InChI=1S/C14H28N4/c1-11(2)5-6-14-13(7-9-15)16-17-18(14)10-8-12(3)4/h11-12H,5-10,15H2,1-4H3. The largest absolute Gasteiger partial charge is 0.330 e. The Morgan fingerprint density at radius 3 is 2.28 bits per heavy atom. The molecule has 0 unspecified atom stereocenters. The van der Waals surface area contributed by atoms with E-state index in [2.05, 4.69) is 42.7 Å². The molecular formula is C14H28N4. The van der Waals surface area contributed by atoms with E-state index in [1.54, 1.807) is 0 Å². The molecular weight excluding hydrogens is 224 g/mol. The summed E-state index contributed by atoms with van der Waals surface area (Å²) in [6.45, 7) is 10.6. The van der Waals surface area contributed by atoms with Crippen molar-refractivity contribution < 1.29 is 0 Å². The molecule has 18 heavy (non-hydrogen) atoms. The maximum absolute atomic E-state index is 5.64. The van der Waals surface area contributed by atoms with Gasteiger partial charge in [-0.3, -0.25) is 0 Å². The van der Waals surface area contributed by atoms with Gasteiger partial charge >= 0.3 is 0 Å². The Hall–Kier alpha value is -0.900. The lowest BCUT2D eigenvalue weighted by atomic mass is 10.0. The van der Waals surface area contributed by atoms with E-state index >= 15 is 0 Å². The van der Waals surface area contributed by atoms with Gasteiger partial charge < -0.3 is 5.73 Å². The van der Waals surface area contributed by atoms with Crippen LogP contribution in [0, 0.1) is 11.8 Å². The molecule has 4 nitrogen and oxygen atoms in total. The lowest BCUT2D eigenvalue weighted by Crippen LogP contribution is -2.11. The number of nitrogens with two attached hydrogens (primary N) is 1. The van der Waals surface area contributed by atoms with Gasteiger partial charge in [0.25, 0.3) is 0 Å². The highest BCUT2D eigenvalue weighted by Crippen LogP contribution is 2.14. The smallest absolute Gasteiger partial charge is 0.0871 e. The van der Waals surface area contributed by atoms with Crippen molar-refractivity contribution in [2.24, 2.45) is 17.6 Å². The van der Waals surface area contributed by atoms with Crippen LogP contribution >= 0.6 is 0 Å². The average molecular weight is 252 g/mol. The fourth-order valence-electron chi connectivity index (χ4n) is 1.96. The summed E-state index contributed by atoms with van der Waals surface area (Å²) in [5.41, 5.74) is 8.04. The van der Waals surface area contributed by atoms with E-state index in [4.69, 9.17) is 5.73 Å². The zero-order chi connectivity index (χ0) is 13.5. The molecule has 1 aromatic rings. The summed E-state index contributed by atoms with van der Waals surface area (Å²) >= 11 is 0. The molecule has 0 saturated carbocycles. The summed E-state index contributed by atoms with van der Waals surface area (Å²) in [6, 6.07) is 0. The van der Waals surface area contributed by atoms with Gasteiger partial charge in [0, 0.05) is 13.0 Å². The predicted octanol–water partition coefficient (Wildman–Crippen LogP) is 2.41. The first kappa shape index (κ1) is 15.2. The normalized spacial score (nSPS) is 11.7. The van der Waals surface area contributed by atoms with Crippen LogP contribution in [0.3, 0.4) is 0 Å². The van der Waals surface area contributed by atoms with E-state index in [-0.39, 0.29) is 0 Å². The molecule has 0 atom stereocenters. The van der Waals surface area contributed by atoms with Crippen molar-refractivity contribution in [1.82, 2.24) is 15.0 Å². The Labute approximate surface area is 111 Å².